The first-order chi connectivity index (χ1) is 11.3. The molecule has 1 aliphatic rings. The Balaban J connectivity index is 1.54. The molecule has 23 heavy (non-hydrogen) atoms. The summed E-state index contributed by atoms with van der Waals surface area (Å²) < 4.78 is 0. The minimum absolute atomic E-state index is 0.111. The van der Waals surface area contributed by atoms with Crippen LogP contribution in [0.4, 0.5) is 11.4 Å². The van der Waals surface area contributed by atoms with Gasteiger partial charge in [-0.3, -0.25) is 4.79 Å². The molecular formula is C18H18N4O. The molecule has 0 aliphatic carbocycles. The molecule has 5 nitrogen and oxygen atoms in total. The van der Waals surface area contributed by atoms with E-state index in [1.807, 2.05) is 30.3 Å². The van der Waals surface area contributed by atoms with E-state index in [0.29, 0.717) is 5.56 Å². The summed E-state index contributed by atoms with van der Waals surface area (Å²) in [5, 5.41) is 2.98. The number of anilines is 2. The highest BCUT2D eigenvalue weighted by Gasteiger charge is 2.13. The van der Waals surface area contributed by atoms with Crippen LogP contribution in [0.1, 0.15) is 23.2 Å². The molecule has 116 valence electrons. The highest BCUT2D eigenvalue weighted by atomic mass is 16.1. The van der Waals surface area contributed by atoms with Crippen LogP contribution in [0.2, 0.25) is 0 Å². The fraction of sp³-hybridized carbons (Fsp3) is 0.222. The van der Waals surface area contributed by atoms with Crippen molar-refractivity contribution in [2.24, 2.45) is 0 Å². The Labute approximate surface area is 134 Å². The summed E-state index contributed by atoms with van der Waals surface area (Å²) in [7, 11) is 0. The van der Waals surface area contributed by atoms with Gasteiger partial charge in [-0.15, -0.1) is 0 Å². The molecule has 0 unspecified atom stereocenters. The molecule has 4 rings (SSSR count). The first kappa shape index (κ1) is 13.8. The minimum atomic E-state index is -0.111. The van der Waals surface area contributed by atoms with E-state index < -0.39 is 0 Å². The molecule has 5 heteroatoms. The van der Waals surface area contributed by atoms with Crippen LogP contribution in [-0.4, -0.2) is 29.0 Å². The molecular weight excluding hydrogens is 288 g/mol. The summed E-state index contributed by atoms with van der Waals surface area (Å²) >= 11 is 0. The standard InChI is InChI=1S/C18H18N4O/c23-18(13-6-7-16-17(10-13)20-12-19-16)21-14-4-3-5-15(11-14)22-8-1-2-9-22/h3-7,10-12H,1-2,8-9H2,(H,19,20)(H,21,23). The lowest BCUT2D eigenvalue weighted by atomic mass is 10.2. The van der Waals surface area contributed by atoms with Crippen LogP contribution in [0.3, 0.4) is 0 Å². The normalized spacial score (nSPS) is 14.3. The zero-order valence-electron chi connectivity index (χ0n) is 12.7. The second kappa shape index (κ2) is 5.76. The van der Waals surface area contributed by atoms with Gasteiger partial charge >= 0.3 is 0 Å². The highest BCUT2D eigenvalue weighted by Crippen LogP contribution is 2.23. The van der Waals surface area contributed by atoms with Gasteiger partial charge in [-0.05, 0) is 49.2 Å². The fourth-order valence-corrected chi connectivity index (χ4v) is 3.04. The minimum Gasteiger partial charge on any atom is -0.371 e. The van der Waals surface area contributed by atoms with E-state index in [0.717, 1.165) is 29.8 Å². The van der Waals surface area contributed by atoms with Crippen LogP contribution in [0, 0.1) is 0 Å². The molecule has 1 aliphatic heterocycles. The summed E-state index contributed by atoms with van der Waals surface area (Å²) in [5.74, 6) is -0.111. The molecule has 1 aromatic heterocycles. The van der Waals surface area contributed by atoms with Gasteiger partial charge in [0.05, 0.1) is 17.4 Å². The van der Waals surface area contributed by atoms with Gasteiger partial charge in [-0.2, -0.15) is 0 Å². The Morgan fingerprint density at radius 3 is 2.87 bits per heavy atom. The molecule has 0 bridgehead atoms. The number of carbonyl (C=O) groups excluding carboxylic acids is 1. The molecule has 3 aromatic rings. The van der Waals surface area contributed by atoms with Gasteiger partial charge in [0.15, 0.2) is 0 Å². The number of benzene rings is 2. The number of hydrogen-bond acceptors (Lipinski definition) is 3. The maximum absolute atomic E-state index is 12.5. The Kier molecular flexibility index (Phi) is 3.46. The van der Waals surface area contributed by atoms with Crippen molar-refractivity contribution in [1.82, 2.24) is 9.97 Å². The number of aromatic nitrogens is 2. The van der Waals surface area contributed by atoms with Crippen molar-refractivity contribution < 1.29 is 4.79 Å². The van der Waals surface area contributed by atoms with Gasteiger partial charge < -0.3 is 15.2 Å². The number of carbonyl (C=O) groups is 1. The van der Waals surface area contributed by atoms with E-state index in [1.54, 1.807) is 12.4 Å². The molecule has 2 heterocycles. The average molecular weight is 306 g/mol. The van der Waals surface area contributed by atoms with Gasteiger partial charge in [0.25, 0.3) is 5.91 Å². The third-order valence-electron chi connectivity index (χ3n) is 4.26. The highest BCUT2D eigenvalue weighted by molar-refractivity contribution is 6.06. The van der Waals surface area contributed by atoms with Crippen molar-refractivity contribution in [2.75, 3.05) is 23.3 Å². The third-order valence-corrected chi connectivity index (χ3v) is 4.26. The van der Waals surface area contributed by atoms with Crippen molar-refractivity contribution >= 4 is 28.3 Å². The van der Waals surface area contributed by atoms with E-state index in [1.165, 1.54) is 18.5 Å². The van der Waals surface area contributed by atoms with Gasteiger partial charge in [0, 0.05) is 30.0 Å². The number of fused-ring (bicyclic) bond motifs is 1. The van der Waals surface area contributed by atoms with E-state index >= 15 is 0 Å². The largest absolute Gasteiger partial charge is 0.371 e. The molecule has 1 amide bonds. The zero-order valence-corrected chi connectivity index (χ0v) is 12.7. The van der Waals surface area contributed by atoms with Crippen LogP contribution < -0.4 is 10.2 Å². The lowest BCUT2D eigenvalue weighted by molar-refractivity contribution is 0.102. The number of nitrogens with zero attached hydrogens (tertiary/aromatic N) is 2. The van der Waals surface area contributed by atoms with Crippen LogP contribution in [-0.2, 0) is 0 Å². The summed E-state index contributed by atoms with van der Waals surface area (Å²) in [4.78, 5) is 22.0. The van der Waals surface area contributed by atoms with Crippen LogP contribution in [0.15, 0.2) is 48.8 Å². The zero-order chi connectivity index (χ0) is 15.6. The first-order valence-electron chi connectivity index (χ1n) is 7.89. The van der Waals surface area contributed by atoms with Crippen molar-refractivity contribution in [3.8, 4) is 0 Å². The quantitative estimate of drug-likeness (QED) is 0.779. The number of nitrogens with one attached hydrogen (secondary N) is 2. The molecule has 0 atom stereocenters. The third kappa shape index (κ3) is 2.77. The van der Waals surface area contributed by atoms with Crippen molar-refractivity contribution in [3.05, 3.63) is 54.4 Å². The van der Waals surface area contributed by atoms with E-state index in [4.69, 9.17) is 0 Å². The average Bonchev–Trinajstić information content (AvgIpc) is 3.26. The van der Waals surface area contributed by atoms with Crippen molar-refractivity contribution in [2.45, 2.75) is 12.8 Å². The molecule has 1 saturated heterocycles. The fourth-order valence-electron chi connectivity index (χ4n) is 3.04. The van der Waals surface area contributed by atoms with E-state index in [9.17, 15) is 4.79 Å². The van der Waals surface area contributed by atoms with Crippen LogP contribution >= 0.6 is 0 Å². The number of H-pyrrole nitrogens is 1. The monoisotopic (exact) mass is 306 g/mol. The lowest BCUT2D eigenvalue weighted by Crippen LogP contribution is -2.18. The summed E-state index contributed by atoms with van der Waals surface area (Å²) in [6.07, 6.45) is 4.10. The SMILES string of the molecule is O=C(Nc1cccc(N2CCCC2)c1)c1ccc2nc[nH]c2c1. The number of hydrogen-bond donors (Lipinski definition) is 2. The predicted octanol–water partition coefficient (Wildman–Crippen LogP) is 3.42. The molecule has 2 aromatic carbocycles. The first-order valence-corrected chi connectivity index (χ1v) is 7.89. The molecule has 0 radical (unpaired) electrons. The Hall–Kier alpha value is -2.82. The van der Waals surface area contributed by atoms with Gasteiger partial charge in [0.1, 0.15) is 0 Å². The Morgan fingerprint density at radius 1 is 1.13 bits per heavy atom. The maximum atomic E-state index is 12.5. The van der Waals surface area contributed by atoms with E-state index in [-0.39, 0.29) is 5.91 Å². The summed E-state index contributed by atoms with van der Waals surface area (Å²) in [6.45, 7) is 2.18. The van der Waals surface area contributed by atoms with Gasteiger partial charge in [0.2, 0.25) is 0 Å². The second-order valence-electron chi connectivity index (χ2n) is 5.83. The topological polar surface area (TPSA) is 61.0 Å². The number of imidazole rings is 1. The Bertz CT molecular complexity index is 849. The van der Waals surface area contributed by atoms with Crippen molar-refractivity contribution in [3.63, 3.8) is 0 Å². The smallest absolute Gasteiger partial charge is 0.255 e. The van der Waals surface area contributed by atoms with Crippen LogP contribution in [0.5, 0.6) is 0 Å². The Morgan fingerprint density at radius 2 is 2.00 bits per heavy atom. The predicted molar refractivity (Wildman–Crippen MR) is 91.9 cm³/mol. The van der Waals surface area contributed by atoms with Crippen LogP contribution in [0.25, 0.3) is 11.0 Å². The lowest BCUT2D eigenvalue weighted by Gasteiger charge is -2.18. The second-order valence-corrected chi connectivity index (χ2v) is 5.83. The number of amides is 1. The van der Waals surface area contributed by atoms with E-state index in [2.05, 4.69) is 26.3 Å². The molecule has 1 fully saturated rings. The summed E-state index contributed by atoms with van der Waals surface area (Å²) in [6, 6.07) is 13.5. The van der Waals surface area contributed by atoms with Crippen molar-refractivity contribution in [1.29, 1.82) is 0 Å². The molecule has 0 spiro atoms. The molecule has 0 saturated carbocycles. The summed E-state index contributed by atoms with van der Waals surface area (Å²) in [5.41, 5.74) is 4.34. The molecule has 2 N–H and O–H groups in total. The maximum Gasteiger partial charge on any atom is 0.255 e. The number of rotatable bonds is 3. The van der Waals surface area contributed by atoms with Gasteiger partial charge in [-0.25, -0.2) is 4.98 Å². The number of aromatic amines is 1. The van der Waals surface area contributed by atoms with Gasteiger partial charge in [-0.1, -0.05) is 6.07 Å².